The Bertz CT molecular complexity index is 746. The zero-order valence-electron chi connectivity index (χ0n) is 11.8. The van der Waals surface area contributed by atoms with Crippen LogP contribution in [0.4, 0.5) is 17.1 Å². The number of sulfone groups is 1. The second kappa shape index (κ2) is 7.00. The number of anilines is 1. The predicted octanol–water partition coefficient (Wildman–Crippen LogP) is 0.803. The normalized spacial score (nSPS) is 12.4. The molecule has 1 atom stereocenters. The lowest BCUT2D eigenvalue weighted by molar-refractivity contribution is -0.393. The van der Waals surface area contributed by atoms with Crippen LogP contribution in [0.15, 0.2) is 18.2 Å². The first-order chi connectivity index (χ1) is 10.5. The van der Waals surface area contributed by atoms with Crippen LogP contribution >= 0.6 is 0 Å². The van der Waals surface area contributed by atoms with Crippen LogP contribution in [0.1, 0.15) is 6.42 Å². The molecule has 0 aliphatic rings. The van der Waals surface area contributed by atoms with E-state index in [2.05, 4.69) is 5.32 Å². The van der Waals surface area contributed by atoms with Crippen molar-refractivity contribution in [3.05, 3.63) is 38.4 Å². The maximum Gasteiger partial charge on any atom is 0.326 e. The number of carbonyl (C=O) groups is 1. The minimum atomic E-state index is -3.42. The SMILES string of the molecule is CS(=O)(=O)CCC(Nc1ccc([N+](=O)[O-])cc1[N+](=O)[O-])C(=O)O. The molecule has 0 spiro atoms. The predicted molar refractivity (Wildman–Crippen MR) is 79.1 cm³/mol. The van der Waals surface area contributed by atoms with Crippen molar-refractivity contribution in [1.82, 2.24) is 0 Å². The van der Waals surface area contributed by atoms with E-state index < -0.39 is 48.8 Å². The molecule has 126 valence electrons. The van der Waals surface area contributed by atoms with Crippen LogP contribution in [-0.4, -0.2) is 47.4 Å². The highest BCUT2D eigenvalue weighted by molar-refractivity contribution is 7.90. The fourth-order valence-electron chi connectivity index (χ4n) is 1.68. The first kappa shape index (κ1) is 18.3. The Labute approximate surface area is 130 Å². The number of nitro groups is 2. The van der Waals surface area contributed by atoms with Gasteiger partial charge in [0.1, 0.15) is 21.6 Å². The van der Waals surface area contributed by atoms with Crippen molar-refractivity contribution >= 4 is 32.9 Å². The molecule has 0 aromatic heterocycles. The van der Waals surface area contributed by atoms with Crippen molar-refractivity contribution < 1.29 is 28.2 Å². The molecule has 0 radical (unpaired) electrons. The number of non-ortho nitro benzene ring substituents is 1. The minimum absolute atomic E-state index is 0.249. The van der Waals surface area contributed by atoms with Crippen molar-refractivity contribution in [3.63, 3.8) is 0 Å². The average Bonchev–Trinajstić information content (AvgIpc) is 2.41. The second-order valence-corrected chi connectivity index (χ2v) is 6.93. The smallest absolute Gasteiger partial charge is 0.326 e. The summed E-state index contributed by atoms with van der Waals surface area (Å²) in [5, 5.41) is 33.0. The van der Waals surface area contributed by atoms with E-state index in [4.69, 9.17) is 5.11 Å². The third-order valence-electron chi connectivity index (χ3n) is 2.79. The Balaban J connectivity index is 3.10. The van der Waals surface area contributed by atoms with E-state index in [0.717, 1.165) is 18.4 Å². The van der Waals surface area contributed by atoms with E-state index in [1.807, 2.05) is 0 Å². The van der Waals surface area contributed by atoms with Crippen molar-refractivity contribution in [1.29, 1.82) is 0 Å². The summed E-state index contributed by atoms with van der Waals surface area (Å²) < 4.78 is 22.2. The van der Waals surface area contributed by atoms with Gasteiger partial charge in [0.05, 0.1) is 21.7 Å². The highest BCUT2D eigenvalue weighted by Gasteiger charge is 2.25. The fourth-order valence-corrected chi connectivity index (χ4v) is 2.35. The molecule has 1 unspecified atom stereocenters. The van der Waals surface area contributed by atoms with Crippen LogP contribution in [0.5, 0.6) is 0 Å². The van der Waals surface area contributed by atoms with Gasteiger partial charge in [-0.25, -0.2) is 13.2 Å². The Morgan fingerprint density at radius 1 is 1.30 bits per heavy atom. The van der Waals surface area contributed by atoms with Gasteiger partial charge >= 0.3 is 5.97 Å². The van der Waals surface area contributed by atoms with E-state index in [1.165, 1.54) is 0 Å². The number of nitrogens with one attached hydrogen (secondary N) is 1. The number of hydrogen-bond donors (Lipinski definition) is 2. The highest BCUT2D eigenvalue weighted by Crippen LogP contribution is 2.29. The minimum Gasteiger partial charge on any atom is -0.480 e. The average molecular weight is 347 g/mol. The van der Waals surface area contributed by atoms with Crippen LogP contribution in [0, 0.1) is 20.2 Å². The van der Waals surface area contributed by atoms with E-state index >= 15 is 0 Å². The second-order valence-electron chi connectivity index (χ2n) is 4.67. The third kappa shape index (κ3) is 5.50. The molecule has 1 rings (SSSR count). The van der Waals surface area contributed by atoms with Crippen molar-refractivity contribution in [2.24, 2.45) is 0 Å². The lowest BCUT2D eigenvalue weighted by Crippen LogP contribution is -2.31. The molecule has 0 bridgehead atoms. The van der Waals surface area contributed by atoms with Gasteiger partial charge in [-0.3, -0.25) is 20.2 Å². The first-order valence-corrected chi connectivity index (χ1v) is 8.17. The quantitative estimate of drug-likeness (QED) is 0.510. The molecular weight excluding hydrogens is 334 g/mol. The largest absolute Gasteiger partial charge is 0.480 e. The zero-order chi connectivity index (χ0) is 17.8. The summed E-state index contributed by atoms with van der Waals surface area (Å²) in [7, 11) is -3.42. The summed E-state index contributed by atoms with van der Waals surface area (Å²) in [5.41, 5.74) is -1.45. The molecule has 2 N–H and O–H groups in total. The van der Waals surface area contributed by atoms with Gasteiger partial charge in [-0.1, -0.05) is 0 Å². The number of carboxylic acid groups (broad SMARTS) is 1. The molecular formula is C11H13N3O8S. The van der Waals surface area contributed by atoms with Gasteiger partial charge in [-0.15, -0.1) is 0 Å². The van der Waals surface area contributed by atoms with Gasteiger partial charge in [-0.2, -0.15) is 0 Å². The van der Waals surface area contributed by atoms with Gasteiger partial charge < -0.3 is 10.4 Å². The Hall–Kier alpha value is -2.76. The Morgan fingerprint density at radius 2 is 1.91 bits per heavy atom. The molecule has 23 heavy (non-hydrogen) atoms. The standard InChI is InChI=1S/C11H13N3O8S/c1-23(21,22)5-4-9(11(15)16)12-8-3-2-7(13(17)18)6-10(8)14(19)20/h2-3,6,9,12H,4-5H2,1H3,(H,15,16). The zero-order valence-corrected chi connectivity index (χ0v) is 12.6. The molecule has 0 aliphatic heterocycles. The molecule has 0 aliphatic carbocycles. The first-order valence-electron chi connectivity index (χ1n) is 6.11. The lowest BCUT2D eigenvalue weighted by Gasteiger charge is -2.15. The molecule has 1 aromatic rings. The third-order valence-corrected chi connectivity index (χ3v) is 3.77. The molecule has 1 aromatic carbocycles. The summed E-state index contributed by atoms with van der Waals surface area (Å²) in [6, 6.07) is 1.28. The maximum absolute atomic E-state index is 11.1. The fraction of sp³-hybridized carbons (Fsp3) is 0.364. The number of rotatable bonds is 8. The van der Waals surface area contributed by atoms with E-state index in [9.17, 15) is 33.4 Å². The van der Waals surface area contributed by atoms with Crippen LogP contribution < -0.4 is 5.32 Å². The number of benzene rings is 1. The summed E-state index contributed by atoms with van der Waals surface area (Å²) in [5.74, 6) is -1.83. The molecule has 0 heterocycles. The van der Waals surface area contributed by atoms with Crippen LogP contribution in [0.25, 0.3) is 0 Å². The number of carboxylic acids is 1. The van der Waals surface area contributed by atoms with E-state index in [-0.39, 0.29) is 12.1 Å². The van der Waals surface area contributed by atoms with Gasteiger partial charge in [0.2, 0.25) is 0 Å². The molecule has 0 saturated heterocycles. The molecule has 12 heteroatoms. The summed E-state index contributed by atoms with van der Waals surface area (Å²) >= 11 is 0. The topological polar surface area (TPSA) is 170 Å². The van der Waals surface area contributed by atoms with Crippen LogP contribution in [0.3, 0.4) is 0 Å². The molecule has 11 nitrogen and oxygen atoms in total. The highest BCUT2D eigenvalue weighted by atomic mass is 32.2. The number of nitro benzene ring substituents is 2. The Kier molecular flexibility index (Phi) is 5.57. The Morgan fingerprint density at radius 3 is 2.35 bits per heavy atom. The monoisotopic (exact) mass is 347 g/mol. The van der Waals surface area contributed by atoms with Gasteiger partial charge in [-0.05, 0) is 12.5 Å². The number of aliphatic carboxylic acids is 1. The molecule has 0 fully saturated rings. The van der Waals surface area contributed by atoms with E-state index in [1.54, 1.807) is 0 Å². The number of hydrogen-bond acceptors (Lipinski definition) is 8. The van der Waals surface area contributed by atoms with Gasteiger partial charge in [0.15, 0.2) is 0 Å². The number of nitrogens with zero attached hydrogens (tertiary/aromatic N) is 2. The molecule has 0 amide bonds. The lowest BCUT2D eigenvalue weighted by atomic mass is 10.2. The maximum atomic E-state index is 11.1. The van der Waals surface area contributed by atoms with Gasteiger partial charge in [0.25, 0.3) is 11.4 Å². The summed E-state index contributed by atoms with van der Waals surface area (Å²) in [4.78, 5) is 31.0. The van der Waals surface area contributed by atoms with Crippen molar-refractivity contribution in [2.45, 2.75) is 12.5 Å². The van der Waals surface area contributed by atoms with Gasteiger partial charge in [0, 0.05) is 12.3 Å². The van der Waals surface area contributed by atoms with Crippen molar-refractivity contribution in [2.75, 3.05) is 17.3 Å². The summed E-state index contributed by atoms with van der Waals surface area (Å²) in [6.45, 7) is 0. The summed E-state index contributed by atoms with van der Waals surface area (Å²) in [6.07, 6.45) is 0.614. The van der Waals surface area contributed by atoms with Crippen LogP contribution in [0.2, 0.25) is 0 Å². The molecule has 0 saturated carbocycles. The van der Waals surface area contributed by atoms with Crippen molar-refractivity contribution in [3.8, 4) is 0 Å². The van der Waals surface area contributed by atoms with Crippen LogP contribution in [-0.2, 0) is 14.6 Å². The van der Waals surface area contributed by atoms with E-state index in [0.29, 0.717) is 6.07 Å².